The molecule has 0 saturated carbocycles. The molecule has 4 nitrogen and oxygen atoms in total. The zero-order valence-corrected chi connectivity index (χ0v) is 17.9. The molecule has 0 spiro atoms. The van der Waals surface area contributed by atoms with Crippen molar-refractivity contribution in [3.8, 4) is 0 Å². The highest BCUT2D eigenvalue weighted by atomic mass is 35.5. The van der Waals surface area contributed by atoms with Crippen LogP contribution in [-0.4, -0.2) is 19.0 Å². The van der Waals surface area contributed by atoms with Gasteiger partial charge in [0.25, 0.3) is 5.91 Å². The predicted molar refractivity (Wildman–Crippen MR) is 124 cm³/mol. The number of hydrogen-bond donors (Lipinski definition) is 0. The van der Waals surface area contributed by atoms with Gasteiger partial charge in [0, 0.05) is 10.6 Å². The Labute approximate surface area is 186 Å². The number of methoxy groups -OCH3 is 1. The molecular formula is C26H20ClNO3. The molecule has 1 aliphatic heterocycles. The Balaban J connectivity index is 1.87. The van der Waals surface area contributed by atoms with E-state index in [1.165, 1.54) is 7.11 Å². The van der Waals surface area contributed by atoms with Crippen LogP contribution in [0.4, 0.5) is 5.69 Å². The van der Waals surface area contributed by atoms with Gasteiger partial charge in [-0.2, -0.15) is 0 Å². The summed E-state index contributed by atoms with van der Waals surface area (Å²) in [6.07, 6.45) is 3.72. The maximum Gasteiger partial charge on any atom is 0.338 e. The summed E-state index contributed by atoms with van der Waals surface area (Å²) in [5, 5.41) is 0.615. The Morgan fingerprint density at radius 2 is 1.68 bits per heavy atom. The number of carbonyl (C=O) groups excluding carboxylic acids is 2. The molecule has 0 radical (unpaired) electrons. The van der Waals surface area contributed by atoms with Gasteiger partial charge in [-0.1, -0.05) is 60.1 Å². The van der Waals surface area contributed by atoms with Crippen molar-refractivity contribution in [1.82, 2.24) is 0 Å². The lowest BCUT2D eigenvalue weighted by Gasteiger charge is -2.23. The lowest BCUT2D eigenvalue weighted by molar-refractivity contribution is -0.113. The second kappa shape index (κ2) is 8.62. The Morgan fingerprint density at radius 3 is 2.35 bits per heavy atom. The molecular weight excluding hydrogens is 410 g/mol. The van der Waals surface area contributed by atoms with Gasteiger partial charge >= 0.3 is 5.97 Å². The van der Waals surface area contributed by atoms with Gasteiger partial charge in [-0.25, -0.2) is 4.79 Å². The van der Waals surface area contributed by atoms with Gasteiger partial charge in [0.15, 0.2) is 0 Å². The number of anilines is 1. The molecule has 3 aromatic carbocycles. The first-order valence-electron chi connectivity index (χ1n) is 9.76. The van der Waals surface area contributed by atoms with Crippen molar-refractivity contribution in [3.63, 3.8) is 0 Å². The van der Waals surface area contributed by atoms with Crippen LogP contribution in [0.2, 0.25) is 5.02 Å². The van der Waals surface area contributed by atoms with Gasteiger partial charge in [-0.15, -0.1) is 0 Å². The van der Waals surface area contributed by atoms with E-state index in [-0.39, 0.29) is 5.91 Å². The molecule has 0 fully saturated rings. The first kappa shape index (κ1) is 20.6. The van der Waals surface area contributed by atoms with Crippen molar-refractivity contribution in [2.75, 3.05) is 12.0 Å². The van der Waals surface area contributed by atoms with Gasteiger partial charge in [0.2, 0.25) is 0 Å². The van der Waals surface area contributed by atoms with Gasteiger partial charge in [0.05, 0.1) is 24.1 Å². The van der Waals surface area contributed by atoms with Crippen LogP contribution in [0.3, 0.4) is 0 Å². The van der Waals surface area contributed by atoms with Crippen LogP contribution in [0, 0.1) is 6.92 Å². The molecule has 154 valence electrons. The van der Waals surface area contributed by atoms with Crippen molar-refractivity contribution in [2.45, 2.75) is 6.92 Å². The number of ether oxygens (including phenoxy) is 1. The van der Waals surface area contributed by atoms with E-state index in [1.807, 2.05) is 67.6 Å². The SMILES string of the molecule is COC(=O)c1cccc(N2C(=O)/C(=C/c3ccccc3)C=C2c2ccc(Cl)cc2)c1C. The summed E-state index contributed by atoms with van der Waals surface area (Å²) in [5.41, 5.74) is 4.77. The number of esters is 1. The standard InChI is InChI=1S/C26H20ClNO3/c1-17-22(26(30)31-2)9-6-10-23(17)28-24(19-11-13-21(27)14-12-19)16-20(25(28)29)15-18-7-4-3-5-8-18/h3-16H,1-2H3/b20-15+. The zero-order chi connectivity index (χ0) is 22.0. The molecule has 0 unspecified atom stereocenters. The van der Waals surface area contributed by atoms with E-state index in [9.17, 15) is 9.59 Å². The van der Waals surface area contributed by atoms with Gasteiger partial charge < -0.3 is 4.74 Å². The number of halogens is 1. The van der Waals surface area contributed by atoms with Crippen molar-refractivity contribution < 1.29 is 14.3 Å². The van der Waals surface area contributed by atoms with E-state index in [0.29, 0.717) is 33.1 Å². The summed E-state index contributed by atoms with van der Waals surface area (Å²) in [5.74, 6) is -0.609. The van der Waals surface area contributed by atoms with Crippen LogP contribution in [0.15, 0.2) is 84.4 Å². The molecule has 1 aliphatic rings. The number of hydrogen-bond acceptors (Lipinski definition) is 3. The Kier molecular flexibility index (Phi) is 5.74. The zero-order valence-electron chi connectivity index (χ0n) is 17.1. The van der Waals surface area contributed by atoms with Gasteiger partial charge in [0.1, 0.15) is 0 Å². The fourth-order valence-corrected chi connectivity index (χ4v) is 3.74. The fourth-order valence-electron chi connectivity index (χ4n) is 3.61. The topological polar surface area (TPSA) is 46.6 Å². The number of amides is 1. The third kappa shape index (κ3) is 4.03. The highest BCUT2D eigenvalue weighted by Gasteiger charge is 2.32. The predicted octanol–water partition coefficient (Wildman–Crippen LogP) is 5.91. The Bertz CT molecular complexity index is 1210. The molecule has 0 aliphatic carbocycles. The summed E-state index contributed by atoms with van der Waals surface area (Å²) in [7, 11) is 1.34. The maximum absolute atomic E-state index is 13.5. The molecule has 31 heavy (non-hydrogen) atoms. The van der Waals surface area contributed by atoms with Gasteiger partial charge in [-0.05, 0) is 60.0 Å². The highest BCUT2D eigenvalue weighted by molar-refractivity contribution is 6.30. The summed E-state index contributed by atoms with van der Waals surface area (Å²) in [4.78, 5) is 27.4. The summed E-state index contributed by atoms with van der Waals surface area (Å²) >= 11 is 6.07. The largest absolute Gasteiger partial charge is 0.465 e. The van der Waals surface area contributed by atoms with E-state index in [1.54, 1.807) is 29.2 Å². The molecule has 4 rings (SSSR count). The van der Waals surface area contributed by atoms with E-state index >= 15 is 0 Å². The highest BCUT2D eigenvalue weighted by Crippen LogP contribution is 2.38. The van der Waals surface area contributed by atoms with Crippen LogP contribution >= 0.6 is 11.6 Å². The van der Waals surface area contributed by atoms with Gasteiger partial charge in [-0.3, -0.25) is 9.69 Å². The molecule has 0 N–H and O–H groups in total. The third-order valence-electron chi connectivity index (χ3n) is 5.20. The molecule has 0 saturated heterocycles. The average Bonchev–Trinajstić information content (AvgIpc) is 3.10. The van der Waals surface area contributed by atoms with E-state index in [4.69, 9.17) is 16.3 Å². The summed E-state index contributed by atoms with van der Waals surface area (Å²) in [6, 6.07) is 22.3. The first-order valence-corrected chi connectivity index (χ1v) is 10.1. The Hall–Kier alpha value is -3.63. The van der Waals surface area contributed by atoms with Crippen molar-refractivity contribution >= 4 is 40.9 Å². The van der Waals surface area contributed by atoms with Crippen LogP contribution < -0.4 is 4.90 Å². The second-order valence-electron chi connectivity index (χ2n) is 7.13. The Morgan fingerprint density at radius 1 is 0.968 bits per heavy atom. The van der Waals surface area contributed by atoms with Crippen molar-refractivity contribution in [3.05, 3.63) is 112 Å². The molecule has 1 amide bonds. The first-order chi connectivity index (χ1) is 15.0. The number of carbonyl (C=O) groups is 2. The second-order valence-corrected chi connectivity index (χ2v) is 7.57. The van der Waals surface area contributed by atoms with Crippen molar-refractivity contribution in [2.24, 2.45) is 0 Å². The van der Waals surface area contributed by atoms with Crippen LogP contribution in [0.25, 0.3) is 11.8 Å². The molecule has 0 bridgehead atoms. The minimum Gasteiger partial charge on any atom is -0.465 e. The number of rotatable bonds is 4. The fraction of sp³-hybridized carbons (Fsp3) is 0.0769. The molecule has 0 aromatic heterocycles. The van der Waals surface area contributed by atoms with E-state index in [2.05, 4.69) is 0 Å². The quantitative estimate of drug-likeness (QED) is 0.383. The van der Waals surface area contributed by atoms with E-state index < -0.39 is 5.97 Å². The number of nitrogens with zero attached hydrogens (tertiary/aromatic N) is 1. The lowest BCUT2D eigenvalue weighted by atomic mass is 10.0. The monoisotopic (exact) mass is 429 g/mol. The molecule has 0 atom stereocenters. The minimum atomic E-state index is -0.442. The minimum absolute atomic E-state index is 0.168. The number of benzene rings is 3. The summed E-state index contributed by atoms with van der Waals surface area (Å²) < 4.78 is 4.90. The molecule has 5 heteroatoms. The van der Waals surface area contributed by atoms with Crippen LogP contribution in [0.1, 0.15) is 27.0 Å². The third-order valence-corrected chi connectivity index (χ3v) is 5.45. The lowest BCUT2D eigenvalue weighted by Crippen LogP contribution is -2.26. The normalized spacial score (nSPS) is 14.7. The van der Waals surface area contributed by atoms with E-state index in [0.717, 1.165) is 11.1 Å². The molecule has 1 heterocycles. The van der Waals surface area contributed by atoms with Crippen LogP contribution in [0.5, 0.6) is 0 Å². The smallest absolute Gasteiger partial charge is 0.338 e. The van der Waals surface area contributed by atoms with Crippen LogP contribution in [-0.2, 0) is 9.53 Å². The van der Waals surface area contributed by atoms with Crippen molar-refractivity contribution in [1.29, 1.82) is 0 Å². The summed E-state index contributed by atoms with van der Waals surface area (Å²) in [6.45, 7) is 1.81. The average molecular weight is 430 g/mol. The molecule has 3 aromatic rings. The maximum atomic E-state index is 13.5.